The van der Waals surface area contributed by atoms with Crippen molar-refractivity contribution in [3.05, 3.63) is 70.9 Å². The molecule has 2 aromatic heterocycles. The van der Waals surface area contributed by atoms with Gasteiger partial charge in [-0.3, -0.25) is 4.90 Å². The van der Waals surface area contributed by atoms with E-state index in [2.05, 4.69) is 42.0 Å². The van der Waals surface area contributed by atoms with Crippen LogP contribution in [0.25, 0.3) is 22.2 Å². The van der Waals surface area contributed by atoms with Crippen molar-refractivity contribution in [1.82, 2.24) is 19.4 Å². The maximum atomic E-state index is 15.4. The summed E-state index contributed by atoms with van der Waals surface area (Å²) in [5.74, 6) is 0.454. The smallest absolute Gasteiger partial charge is 0.324 e. The SMILES string of the molecule is Cc1cc(C)cc(CN2CCN(c3ccc(-c4cn(C)c5nc(C)nc(N)c45)c(F)c3)C2=O)c1. The van der Waals surface area contributed by atoms with Gasteiger partial charge in [0.15, 0.2) is 0 Å². The molecular weight excluding hydrogens is 431 g/mol. The van der Waals surface area contributed by atoms with Gasteiger partial charge in [-0.2, -0.15) is 0 Å². The van der Waals surface area contributed by atoms with Crippen molar-refractivity contribution in [2.24, 2.45) is 7.05 Å². The lowest BCUT2D eigenvalue weighted by Crippen LogP contribution is -2.31. The number of hydrogen-bond donors (Lipinski definition) is 1. The van der Waals surface area contributed by atoms with Gasteiger partial charge in [0.25, 0.3) is 0 Å². The zero-order chi connectivity index (χ0) is 24.1. The van der Waals surface area contributed by atoms with Crippen LogP contribution < -0.4 is 10.6 Å². The first-order valence-electron chi connectivity index (χ1n) is 11.2. The molecule has 174 valence electrons. The number of aryl methyl sites for hydroxylation is 4. The predicted molar refractivity (Wildman–Crippen MR) is 132 cm³/mol. The van der Waals surface area contributed by atoms with Gasteiger partial charge in [-0.15, -0.1) is 0 Å². The number of halogens is 1. The molecule has 2 aromatic carbocycles. The Bertz CT molecular complexity index is 1420. The van der Waals surface area contributed by atoms with Crippen LogP contribution in [0.3, 0.4) is 0 Å². The van der Waals surface area contributed by atoms with E-state index in [1.165, 1.54) is 17.2 Å². The van der Waals surface area contributed by atoms with Crippen LogP contribution in [-0.4, -0.2) is 38.6 Å². The van der Waals surface area contributed by atoms with E-state index in [4.69, 9.17) is 5.73 Å². The molecule has 2 amide bonds. The zero-order valence-electron chi connectivity index (χ0n) is 19.8. The van der Waals surface area contributed by atoms with Gasteiger partial charge in [-0.05, 0) is 44.5 Å². The molecular formula is C26H27FN6O. The van der Waals surface area contributed by atoms with Crippen molar-refractivity contribution in [2.45, 2.75) is 27.3 Å². The van der Waals surface area contributed by atoms with Gasteiger partial charge in [-0.25, -0.2) is 19.2 Å². The van der Waals surface area contributed by atoms with E-state index in [1.54, 1.807) is 35.1 Å². The maximum absolute atomic E-state index is 15.4. The van der Waals surface area contributed by atoms with Gasteiger partial charge in [0.1, 0.15) is 23.1 Å². The third-order valence-electron chi connectivity index (χ3n) is 6.26. The Kier molecular flexibility index (Phi) is 5.23. The third-order valence-corrected chi connectivity index (χ3v) is 6.26. The van der Waals surface area contributed by atoms with Crippen LogP contribution in [0.1, 0.15) is 22.5 Å². The Morgan fingerprint density at radius 3 is 2.44 bits per heavy atom. The number of amides is 2. The van der Waals surface area contributed by atoms with E-state index in [9.17, 15) is 4.79 Å². The molecule has 5 rings (SSSR count). The van der Waals surface area contributed by atoms with Crippen molar-refractivity contribution >= 4 is 28.6 Å². The summed E-state index contributed by atoms with van der Waals surface area (Å²) in [5.41, 5.74) is 11.8. The summed E-state index contributed by atoms with van der Waals surface area (Å²) in [4.78, 5) is 25.2. The first kappa shape index (κ1) is 21.9. The Balaban J connectivity index is 1.43. The van der Waals surface area contributed by atoms with E-state index in [0.717, 1.165) is 5.56 Å². The predicted octanol–water partition coefficient (Wildman–Crippen LogP) is 4.72. The normalized spacial score (nSPS) is 14.0. The highest BCUT2D eigenvalue weighted by atomic mass is 19.1. The number of nitrogen functional groups attached to an aromatic ring is 1. The Hall–Kier alpha value is -3.94. The van der Waals surface area contributed by atoms with Gasteiger partial charge >= 0.3 is 6.03 Å². The number of nitrogens with zero attached hydrogens (tertiary/aromatic N) is 5. The number of fused-ring (bicyclic) bond motifs is 1. The molecule has 0 unspecified atom stereocenters. The van der Waals surface area contributed by atoms with Gasteiger partial charge in [0.05, 0.1) is 5.39 Å². The minimum absolute atomic E-state index is 0.121. The topological polar surface area (TPSA) is 80.3 Å². The van der Waals surface area contributed by atoms with Crippen molar-refractivity contribution in [3.8, 4) is 11.1 Å². The number of aromatic nitrogens is 3. The van der Waals surface area contributed by atoms with Crippen LogP contribution >= 0.6 is 0 Å². The Morgan fingerprint density at radius 1 is 1.00 bits per heavy atom. The molecule has 0 bridgehead atoms. The Labute approximate surface area is 197 Å². The summed E-state index contributed by atoms with van der Waals surface area (Å²) in [5, 5.41) is 0.622. The zero-order valence-corrected chi connectivity index (χ0v) is 19.8. The second-order valence-electron chi connectivity index (χ2n) is 9.02. The lowest BCUT2D eigenvalue weighted by molar-refractivity contribution is 0.218. The van der Waals surface area contributed by atoms with Crippen LogP contribution in [0.5, 0.6) is 0 Å². The quantitative estimate of drug-likeness (QED) is 0.480. The largest absolute Gasteiger partial charge is 0.383 e. The van der Waals surface area contributed by atoms with Gasteiger partial charge < -0.3 is 15.2 Å². The van der Waals surface area contributed by atoms with E-state index in [1.807, 2.05) is 11.6 Å². The Morgan fingerprint density at radius 2 is 1.74 bits per heavy atom. The summed E-state index contributed by atoms with van der Waals surface area (Å²) in [6.07, 6.45) is 1.81. The molecule has 1 aliphatic heterocycles. The molecule has 2 N–H and O–H groups in total. The molecule has 1 aliphatic rings. The number of benzene rings is 2. The van der Waals surface area contributed by atoms with E-state index < -0.39 is 5.82 Å². The number of hydrogen-bond acceptors (Lipinski definition) is 4. The molecule has 0 saturated carbocycles. The summed E-state index contributed by atoms with van der Waals surface area (Å²) in [6, 6.07) is 11.1. The minimum atomic E-state index is -0.425. The second-order valence-corrected chi connectivity index (χ2v) is 9.02. The van der Waals surface area contributed by atoms with Crippen LogP contribution in [0, 0.1) is 26.6 Å². The second kappa shape index (κ2) is 8.13. The molecule has 0 aliphatic carbocycles. The fourth-order valence-electron chi connectivity index (χ4n) is 4.86. The first-order chi connectivity index (χ1) is 16.2. The summed E-state index contributed by atoms with van der Waals surface area (Å²) < 4.78 is 17.2. The molecule has 0 spiro atoms. The van der Waals surface area contributed by atoms with Crippen LogP contribution in [-0.2, 0) is 13.6 Å². The number of anilines is 2. The van der Waals surface area contributed by atoms with Crippen molar-refractivity contribution in [1.29, 1.82) is 0 Å². The fourth-order valence-corrected chi connectivity index (χ4v) is 4.86. The van der Waals surface area contributed by atoms with Gasteiger partial charge in [0.2, 0.25) is 0 Å². The number of carbonyl (C=O) groups is 1. The number of urea groups is 1. The molecule has 7 nitrogen and oxygen atoms in total. The summed E-state index contributed by atoms with van der Waals surface area (Å²) in [7, 11) is 1.84. The lowest BCUT2D eigenvalue weighted by atomic mass is 10.0. The molecule has 8 heteroatoms. The van der Waals surface area contributed by atoms with Crippen molar-refractivity contribution in [2.75, 3.05) is 23.7 Å². The number of nitrogens with two attached hydrogens (primary N) is 1. The lowest BCUT2D eigenvalue weighted by Gasteiger charge is -2.20. The third kappa shape index (κ3) is 3.75. The van der Waals surface area contributed by atoms with E-state index in [0.29, 0.717) is 59.1 Å². The molecule has 34 heavy (non-hydrogen) atoms. The minimum Gasteiger partial charge on any atom is -0.383 e. The average molecular weight is 459 g/mol. The fraction of sp³-hybridized carbons (Fsp3) is 0.269. The number of rotatable bonds is 4. The van der Waals surface area contributed by atoms with Crippen LogP contribution in [0.15, 0.2) is 42.6 Å². The van der Waals surface area contributed by atoms with Crippen molar-refractivity contribution in [3.63, 3.8) is 0 Å². The molecule has 1 fully saturated rings. The van der Waals surface area contributed by atoms with Crippen LogP contribution in [0.4, 0.5) is 20.7 Å². The summed E-state index contributed by atoms with van der Waals surface area (Å²) >= 11 is 0. The van der Waals surface area contributed by atoms with Crippen molar-refractivity contribution < 1.29 is 9.18 Å². The molecule has 0 atom stereocenters. The number of carbonyl (C=O) groups excluding carboxylic acids is 1. The average Bonchev–Trinajstić information content (AvgIpc) is 3.27. The molecule has 0 radical (unpaired) electrons. The molecule has 4 aromatic rings. The first-order valence-corrected chi connectivity index (χ1v) is 11.2. The monoisotopic (exact) mass is 458 g/mol. The van der Waals surface area contributed by atoms with Gasteiger partial charge in [-0.1, -0.05) is 29.3 Å². The van der Waals surface area contributed by atoms with Gasteiger partial charge in [0, 0.05) is 49.7 Å². The van der Waals surface area contributed by atoms with Crippen LogP contribution in [0.2, 0.25) is 0 Å². The standard InChI is InChI=1S/C26H27FN6O/c1-15-9-16(2)11-18(10-15)13-32-7-8-33(26(32)34)19-5-6-20(22(27)12-19)21-14-31(4)25-23(21)24(28)29-17(3)30-25/h5-6,9-12,14H,7-8,13H2,1-4H3,(H2,28,29,30). The highest BCUT2D eigenvalue weighted by molar-refractivity contribution is 6.01. The summed E-state index contributed by atoms with van der Waals surface area (Å²) in [6.45, 7) is 7.51. The highest BCUT2D eigenvalue weighted by Gasteiger charge is 2.30. The maximum Gasteiger partial charge on any atom is 0.324 e. The van der Waals surface area contributed by atoms with E-state index in [-0.39, 0.29) is 6.03 Å². The highest BCUT2D eigenvalue weighted by Crippen LogP contribution is 2.36. The van der Waals surface area contributed by atoms with E-state index >= 15 is 4.39 Å². The molecule has 1 saturated heterocycles. The molecule has 3 heterocycles.